The standard InChI is InChI=1S/C12H18ClN5O/c1-4-8-11-12(17(3)16-8)18(10(6-13)15-11)7(2)5-9(14)19/h7H,4-6H2,1-3H3,(H2,14,19). The van der Waals surface area contributed by atoms with Gasteiger partial charge in [0.2, 0.25) is 5.91 Å². The predicted octanol–water partition coefficient (Wildman–Crippen LogP) is 1.51. The Kier molecular flexibility index (Phi) is 3.80. The molecule has 0 saturated heterocycles. The molecule has 2 aromatic rings. The van der Waals surface area contributed by atoms with Crippen LogP contribution >= 0.6 is 11.6 Å². The average Bonchev–Trinajstić information content (AvgIpc) is 2.86. The molecule has 0 bridgehead atoms. The molecule has 0 aliphatic heterocycles. The Morgan fingerprint density at radius 2 is 2.21 bits per heavy atom. The highest BCUT2D eigenvalue weighted by Gasteiger charge is 2.22. The molecule has 19 heavy (non-hydrogen) atoms. The third-order valence-electron chi connectivity index (χ3n) is 3.20. The lowest BCUT2D eigenvalue weighted by Gasteiger charge is -2.15. The van der Waals surface area contributed by atoms with Crippen LogP contribution in [0, 0.1) is 0 Å². The number of primary amides is 1. The molecule has 1 atom stereocenters. The van der Waals surface area contributed by atoms with Crippen molar-refractivity contribution in [3.8, 4) is 0 Å². The number of amides is 1. The molecular weight excluding hydrogens is 266 g/mol. The number of aromatic nitrogens is 4. The van der Waals surface area contributed by atoms with Crippen molar-refractivity contribution in [2.75, 3.05) is 0 Å². The van der Waals surface area contributed by atoms with Crippen LogP contribution in [0.25, 0.3) is 11.2 Å². The highest BCUT2D eigenvalue weighted by atomic mass is 35.5. The van der Waals surface area contributed by atoms with Crippen molar-refractivity contribution in [2.24, 2.45) is 12.8 Å². The van der Waals surface area contributed by atoms with E-state index in [9.17, 15) is 4.79 Å². The summed E-state index contributed by atoms with van der Waals surface area (Å²) in [5.41, 5.74) is 7.96. The van der Waals surface area contributed by atoms with E-state index in [-0.39, 0.29) is 18.4 Å². The second-order valence-electron chi connectivity index (χ2n) is 4.65. The van der Waals surface area contributed by atoms with Crippen LogP contribution in [0.2, 0.25) is 0 Å². The molecule has 2 aromatic heterocycles. The van der Waals surface area contributed by atoms with Crippen LogP contribution in [-0.2, 0) is 24.1 Å². The summed E-state index contributed by atoms with van der Waals surface area (Å²) < 4.78 is 3.74. The van der Waals surface area contributed by atoms with E-state index in [0.29, 0.717) is 5.88 Å². The summed E-state index contributed by atoms with van der Waals surface area (Å²) in [6.07, 6.45) is 1.06. The minimum Gasteiger partial charge on any atom is -0.370 e. The monoisotopic (exact) mass is 283 g/mol. The molecule has 0 aliphatic carbocycles. The largest absolute Gasteiger partial charge is 0.370 e. The van der Waals surface area contributed by atoms with Crippen molar-refractivity contribution in [2.45, 2.75) is 38.6 Å². The molecule has 0 fully saturated rings. The summed E-state index contributed by atoms with van der Waals surface area (Å²) in [7, 11) is 1.87. The first-order chi connectivity index (χ1) is 8.99. The highest BCUT2D eigenvalue weighted by Crippen LogP contribution is 2.26. The van der Waals surface area contributed by atoms with Crippen LogP contribution in [0.4, 0.5) is 0 Å². The first kappa shape index (κ1) is 13.9. The van der Waals surface area contributed by atoms with Crippen molar-refractivity contribution < 1.29 is 4.79 Å². The van der Waals surface area contributed by atoms with Gasteiger partial charge in [0.25, 0.3) is 0 Å². The minimum absolute atomic E-state index is 0.0867. The van der Waals surface area contributed by atoms with Gasteiger partial charge >= 0.3 is 0 Å². The van der Waals surface area contributed by atoms with E-state index in [1.54, 1.807) is 4.68 Å². The molecule has 0 saturated carbocycles. The molecule has 1 unspecified atom stereocenters. The summed E-state index contributed by atoms with van der Waals surface area (Å²) in [6, 6.07) is -0.0867. The molecule has 0 aliphatic rings. The minimum atomic E-state index is -0.340. The third kappa shape index (κ3) is 2.32. The molecule has 7 heteroatoms. The lowest BCUT2D eigenvalue weighted by molar-refractivity contribution is -0.118. The lowest BCUT2D eigenvalue weighted by Crippen LogP contribution is -2.19. The van der Waals surface area contributed by atoms with Crippen LogP contribution in [0.1, 0.15) is 37.8 Å². The zero-order valence-corrected chi connectivity index (χ0v) is 12.1. The number of alkyl halides is 1. The zero-order valence-electron chi connectivity index (χ0n) is 11.4. The molecule has 0 aromatic carbocycles. The Labute approximate surface area is 116 Å². The van der Waals surface area contributed by atoms with E-state index >= 15 is 0 Å². The van der Waals surface area contributed by atoms with Crippen LogP contribution in [-0.4, -0.2) is 25.2 Å². The van der Waals surface area contributed by atoms with Gasteiger partial charge in [-0.1, -0.05) is 6.92 Å². The lowest BCUT2D eigenvalue weighted by atomic mass is 10.2. The maximum atomic E-state index is 11.1. The predicted molar refractivity (Wildman–Crippen MR) is 74.0 cm³/mol. The Balaban J connectivity index is 2.63. The van der Waals surface area contributed by atoms with Crippen LogP contribution in [0.15, 0.2) is 0 Å². The summed E-state index contributed by atoms with van der Waals surface area (Å²) in [5.74, 6) is 0.696. The Hall–Kier alpha value is -1.56. The van der Waals surface area contributed by atoms with Gasteiger partial charge in [-0.05, 0) is 13.3 Å². The number of hydrogen-bond donors (Lipinski definition) is 1. The maximum absolute atomic E-state index is 11.1. The van der Waals surface area contributed by atoms with Crippen LogP contribution in [0.3, 0.4) is 0 Å². The summed E-state index contributed by atoms with van der Waals surface area (Å²) in [5, 5.41) is 4.44. The second kappa shape index (κ2) is 5.21. The number of rotatable bonds is 5. The average molecular weight is 284 g/mol. The number of nitrogens with two attached hydrogens (primary N) is 1. The fourth-order valence-corrected chi connectivity index (χ4v) is 2.61. The molecular formula is C12H18ClN5O. The molecule has 1 amide bonds. The van der Waals surface area contributed by atoms with Gasteiger partial charge in [-0.3, -0.25) is 9.48 Å². The molecule has 0 spiro atoms. The summed E-state index contributed by atoms with van der Waals surface area (Å²) in [6.45, 7) is 3.97. The second-order valence-corrected chi connectivity index (χ2v) is 4.91. The van der Waals surface area contributed by atoms with Crippen molar-refractivity contribution in [3.05, 3.63) is 11.5 Å². The van der Waals surface area contributed by atoms with E-state index < -0.39 is 0 Å². The van der Waals surface area contributed by atoms with Gasteiger partial charge in [0.15, 0.2) is 5.65 Å². The topological polar surface area (TPSA) is 78.7 Å². The number of aryl methyl sites for hydroxylation is 2. The van der Waals surface area contributed by atoms with Crippen LogP contribution < -0.4 is 5.73 Å². The maximum Gasteiger partial charge on any atom is 0.219 e. The van der Waals surface area contributed by atoms with E-state index in [0.717, 1.165) is 29.1 Å². The Morgan fingerprint density at radius 3 is 2.74 bits per heavy atom. The van der Waals surface area contributed by atoms with E-state index in [2.05, 4.69) is 10.1 Å². The fourth-order valence-electron chi connectivity index (χ4n) is 2.43. The summed E-state index contributed by atoms with van der Waals surface area (Å²) in [4.78, 5) is 15.7. The van der Waals surface area contributed by atoms with E-state index in [4.69, 9.17) is 17.3 Å². The van der Waals surface area contributed by atoms with Crippen molar-refractivity contribution in [3.63, 3.8) is 0 Å². The molecule has 104 valence electrons. The van der Waals surface area contributed by atoms with Gasteiger partial charge in [-0.2, -0.15) is 5.10 Å². The van der Waals surface area contributed by atoms with Gasteiger partial charge in [0.05, 0.1) is 11.6 Å². The van der Waals surface area contributed by atoms with Gasteiger partial charge < -0.3 is 10.3 Å². The number of nitrogens with zero attached hydrogens (tertiary/aromatic N) is 4. The van der Waals surface area contributed by atoms with Crippen molar-refractivity contribution in [1.82, 2.24) is 19.3 Å². The van der Waals surface area contributed by atoms with Crippen LogP contribution in [0.5, 0.6) is 0 Å². The third-order valence-corrected chi connectivity index (χ3v) is 3.44. The molecule has 2 N–H and O–H groups in total. The Bertz CT molecular complexity index is 615. The zero-order chi connectivity index (χ0) is 14.2. The summed E-state index contributed by atoms with van der Waals surface area (Å²) >= 11 is 5.96. The number of imidazole rings is 1. The number of hydrogen-bond acceptors (Lipinski definition) is 3. The van der Waals surface area contributed by atoms with E-state index in [1.807, 2.05) is 25.5 Å². The van der Waals surface area contributed by atoms with Crippen molar-refractivity contribution in [1.29, 1.82) is 0 Å². The number of halogens is 1. The first-order valence-corrected chi connectivity index (χ1v) is 6.80. The number of carbonyl (C=O) groups excluding carboxylic acids is 1. The van der Waals surface area contributed by atoms with E-state index in [1.165, 1.54) is 0 Å². The first-order valence-electron chi connectivity index (χ1n) is 6.26. The molecule has 0 radical (unpaired) electrons. The fraction of sp³-hybridized carbons (Fsp3) is 0.583. The van der Waals surface area contributed by atoms with Gasteiger partial charge in [-0.25, -0.2) is 4.98 Å². The van der Waals surface area contributed by atoms with Gasteiger partial charge in [0, 0.05) is 19.5 Å². The number of carbonyl (C=O) groups is 1. The highest BCUT2D eigenvalue weighted by molar-refractivity contribution is 6.16. The SMILES string of the molecule is CCc1nn(C)c2c1nc(CCl)n2C(C)CC(N)=O. The van der Waals surface area contributed by atoms with Crippen molar-refractivity contribution >= 4 is 28.7 Å². The smallest absolute Gasteiger partial charge is 0.219 e. The van der Waals surface area contributed by atoms with Gasteiger partial charge in [0.1, 0.15) is 11.3 Å². The molecule has 6 nitrogen and oxygen atoms in total. The normalized spacial score (nSPS) is 13.1. The Morgan fingerprint density at radius 1 is 1.53 bits per heavy atom. The molecule has 2 heterocycles. The molecule has 2 rings (SSSR count). The number of fused-ring (bicyclic) bond motifs is 1. The van der Waals surface area contributed by atoms with Gasteiger partial charge in [-0.15, -0.1) is 11.6 Å². The quantitative estimate of drug-likeness (QED) is 0.845.